The van der Waals surface area contributed by atoms with Crippen LogP contribution in [0.3, 0.4) is 0 Å². The Kier molecular flexibility index (Phi) is 13.8. The minimum absolute atomic E-state index is 0.0204. The van der Waals surface area contributed by atoms with E-state index < -0.39 is 43.6 Å². The molecular formula is C36H39N9O9S2. The van der Waals surface area contributed by atoms with Crippen LogP contribution in [0.1, 0.15) is 56.4 Å². The topological polar surface area (TPSA) is 271 Å². The molecule has 2 aromatic heterocycles. The maximum Gasteiger partial charge on any atom is 0.271 e. The molecule has 0 saturated carbocycles. The molecule has 4 rings (SSSR count). The molecule has 0 bridgehead atoms. The van der Waals surface area contributed by atoms with Gasteiger partial charge in [0.1, 0.15) is 23.3 Å². The van der Waals surface area contributed by atoms with E-state index >= 15 is 0 Å². The molecule has 56 heavy (non-hydrogen) atoms. The van der Waals surface area contributed by atoms with Crippen molar-refractivity contribution in [3.8, 4) is 35.0 Å². The lowest BCUT2D eigenvalue weighted by molar-refractivity contribution is 0.0778. The third-order valence-electron chi connectivity index (χ3n) is 8.49. The quantitative estimate of drug-likeness (QED) is 0.0672. The molecule has 2 heterocycles. The summed E-state index contributed by atoms with van der Waals surface area (Å²) in [5.74, 6) is -1.08. The number of hydrogen-bond acceptors (Lipinski definition) is 15. The summed E-state index contributed by atoms with van der Waals surface area (Å²) in [6.45, 7) is 9.94. The van der Waals surface area contributed by atoms with E-state index in [0.29, 0.717) is 6.42 Å². The fourth-order valence-electron chi connectivity index (χ4n) is 5.57. The predicted octanol–water partition coefficient (Wildman–Crippen LogP) is 5.38. The molecule has 0 spiro atoms. The number of nitriles is 2. The Morgan fingerprint density at radius 3 is 1.75 bits per heavy atom. The van der Waals surface area contributed by atoms with Gasteiger partial charge in [-0.3, -0.25) is 18.7 Å². The first-order valence-electron chi connectivity index (χ1n) is 17.1. The van der Waals surface area contributed by atoms with Gasteiger partial charge in [-0.2, -0.15) is 20.8 Å². The van der Waals surface area contributed by atoms with Crippen molar-refractivity contribution >= 4 is 43.5 Å². The van der Waals surface area contributed by atoms with Gasteiger partial charge in [0.15, 0.2) is 22.1 Å². The lowest BCUT2D eigenvalue weighted by atomic mass is 10.0. The summed E-state index contributed by atoms with van der Waals surface area (Å²) in [5, 5.41) is 56.8. The maximum atomic E-state index is 13.9. The number of benzene rings is 2. The van der Waals surface area contributed by atoms with Gasteiger partial charge < -0.3 is 14.9 Å². The maximum absolute atomic E-state index is 13.9. The molecule has 0 atom stereocenters. The molecule has 0 fully saturated rings. The van der Waals surface area contributed by atoms with Gasteiger partial charge in [0, 0.05) is 48.5 Å². The largest absolute Gasteiger partial charge is 0.493 e. The van der Waals surface area contributed by atoms with Crippen molar-refractivity contribution in [3.63, 3.8) is 0 Å². The molecule has 294 valence electrons. The number of ether oxygens (including phenoxy) is 1. The second-order valence-corrected chi connectivity index (χ2v) is 15.1. The van der Waals surface area contributed by atoms with Crippen molar-refractivity contribution in [1.29, 1.82) is 10.5 Å². The smallest absolute Gasteiger partial charge is 0.271 e. The Labute approximate surface area is 323 Å². The van der Waals surface area contributed by atoms with Crippen LogP contribution in [0.5, 0.6) is 11.8 Å². The summed E-state index contributed by atoms with van der Waals surface area (Å²) in [7, 11) is -7.76. The van der Waals surface area contributed by atoms with E-state index in [1.165, 1.54) is 38.1 Å². The normalized spacial score (nSPS) is 11.9. The van der Waals surface area contributed by atoms with Crippen LogP contribution in [0.25, 0.3) is 11.1 Å². The average molecular weight is 806 g/mol. The number of aromatic hydroxyl groups is 2. The van der Waals surface area contributed by atoms with Gasteiger partial charge in [0.2, 0.25) is 21.8 Å². The molecule has 0 saturated heterocycles. The van der Waals surface area contributed by atoms with Crippen LogP contribution in [0.4, 0.5) is 22.7 Å². The SMILES string of the molecule is CCn1c(O)c(N=Nc2ccc(-c3ccc(/N=N\c4c(C)c(C#N)c(=O)n(CC)c4O)cc3[SH](=O)=O)c(S(=O)(=O)NCCCOC(C)C)c2)c(C)c(C#N)c1=O. The fourth-order valence-corrected chi connectivity index (χ4v) is 7.51. The molecule has 0 unspecified atom stereocenters. The van der Waals surface area contributed by atoms with E-state index in [0.717, 1.165) is 21.3 Å². The summed E-state index contributed by atoms with van der Waals surface area (Å²) in [4.78, 5) is 24.4. The van der Waals surface area contributed by atoms with Crippen molar-refractivity contribution < 1.29 is 31.8 Å². The van der Waals surface area contributed by atoms with Crippen molar-refractivity contribution in [2.75, 3.05) is 13.2 Å². The monoisotopic (exact) mass is 805 g/mol. The van der Waals surface area contributed by atoms with Crippen LogP contribution in [-0.2, 0) is 38.6 Å². The highest BCUT2D eigenvalue weighted by atomic mass is 32.2. The van der Waals surface area contributed by atoms with Crippen LogP contribution in [-0.4, -0.2) is 55.4 Å². The predicted molar refractivity (Wildman–Crippen MR) is 205 cm³/mol. The zero-order valence-corrected chi connectivity index (χ0v) is 33.0. The molecule has 4 aromatic rings. The average Bonchev–Trinajstić information content (AvgIpc) is 3.15. The first-order chi connectivity index (χ1) is 26.5. The molecule has 0 aliphatic rings. The zero-order chi connectivity index (χ0) is 41.5. The molecule has 0 radical (unpaired) electrons. The van der Waals surface area contributed by atoms with E-state index in [2.05, 4.69) is 25.2 Å². The van der Waals surface area contributed by atoms with Crippen LogP contribution in [0, 0.1) is 36.5 Å². The van der Waals surface area contributed by atoms with Crippen LogP contribution in [0.2, 0.25) is 0 Å². The third-order valence-corrected chi connectivity index (χ3v) is 10.8. The molecule has 0 amide bonds. The summed E-state index contributed by atoms with van der Waals surface area (Å²) in [5.41, 5.74) is -2.30. The summed E-state index contributed by atoms with van der Waals surface area (Å²) >= 11 is 0. The lowest BCUT2D eigenvalue weighted by Gasteiger charge is -2.15. The summed E-state index contributed by atoms with van der Waals surface area (Å²) in [6.07, 6.45) is 0.243. The van der Waals surface area contributed by atoms with Gasteiger partial charge in [0.05, 0.1) is 27.3 Å². The minimum atomic E-state index is -4.38. The second-order valence-electron chi connectivity index (χ2n) is 12.4. The molecule has 2 aromatic carbocycles. The molecule has 0 aliphatic heterocycles. The van der Waals surface area contributed by atoms with Gasteiger partial charge in [0.25, 0.3) is 11.1 Å². The van der Waals surface area contributed by atoms with Gasteiger partial charge >= 0.3 is 0 Å². The molecule has 18 nitrogen and oxygen atoms in total. The minimum Gasteiger partial charge on any atom is -0.493 e. The number of azo groups is 2. The number of sulfonamides is 1. The zero-order valence-electron chi connectivity index (χ0n) is 31.3. The summed E-state index contributed by atoms with van der Waals surface area (Å²) < 4.78 is 63.0. The van der Waals surface area contributed by atoms with E-state index in [9.17, 15) is 47.2 Å². The van der Waals surface area contributed by atoms with Crippen molar-refractivity contribution in [2.45, 2.75) is 76.9 Å². The van der Waals surface area contributed by atoms with Gasteiger partial charge in [-0.15, -0.1) is 10.2 Å². The van der Waals surface area contributed by atoms with E-state index in [1.54, 1.807) is 26.0 Å². The summed E-state index contributed by atoms with van der Waals surface area (Å²) in [6, 6.07) is 11.2. The number of hydrogen-bond donors (Lipinski definition) is 4. The Morgan fingerprint density at radius 1 is 0.821 bits per heavy atom. The number of rotatable bonds is 15. The first kappa shape index (κ1) is 42.7. The Hall–Kier alpha value is -6.06. The van der Waals surface area contributed by atoms with Gasteiger partial charge in [-0.05, 0) is 72.2 Å². The lowest BCUT2D eigenvalue weighted by Crippen LogP contribution is -2.26. The Bertz CT molecular complexity index is 2640. The fraction of sp³-hybridized carbons (Fsp3) is 0.333. The van der Waals surface area contributed by atoms with Crippen molar-refractivity contribution in [1.82, 2.24) is 13.9 Å². The Balaban J connectivity index is 1.87. The number of aromatic nitrogens is 2. The van der Waals surface area contributed by atoms with Crippen molar-refractivity contribution in [2.24, 2.45) is 20.5 Å². The molecule has 3 N–H and O–H groups in total. The Morgan fingerprint density at radius 2 is 1.30 bits per heavy atom. The third kappa shape index (κ3) is 8.90. The van der Waals surface area contributed by atoms with Gasteiger partial charge in [-0.25, -0.2) is 21.6 Å². The van der Waals surface area contributed by atoms with E-state index in [1.807, 2.05) is 13.8 Å². The molecule has 0 aliphatic carbocycles. The highest BCUT2D eigenvalue weighted by molar-refractivity contribution is 7.89. The number of nitrogens with zero attached hydrogens (tertiary/aromatic N) is 8. The standard InChI is InChI=1S/C36H39N9O9S2/c1-7-44-33(46)27(18-37)21(5)31(35(44)48)42-40-23-10-12-25(29(16-23)55(50)51)26-13-11-24(17-30(26)56(52,53)39-14-9-15-54-20(3)4)41-43-32-22(6)28(19-38)34(47)45(8-2)36(32)49/h10-13,16-17,20,39,48-49,55H,7-9,14-15H2,1-6H3/b42-40-,43-41?. The molecular weight excluding hydrogens is 767 g/mol. The number of thiol groups is 1. The first-order valence-corrected chi connectivity index (χ1v) is 19.8. The van der Waals surface area contributed by atoms with Crippen LogP contribution in [0.15, 0.2) is 76.2 Å². The molecule has 20 heteroatoms. The van der Waals surface area contributed by atoms with Crippen LogP contribution >= 0.6 is 0 Å². The highest BCUT2D eigenvalue weighted by Gasteiger charge is 2.24. The van der Waals surface area contributed by atoms with E-state index in [4.69, 9.17) is 4.74 Å². The van der Waals surface area contributed by atoms with Crippen LogP contribution < -0.4 is 15.8 Å². The number of pyridine rings is 2. The highest BCUT2D eigenvalue weighted by Crippen LogP contribution is 2.38. The van der Waals surface area contributed by atoms with E-state index in [-0.39, 0.29) is 98.3 Å². The second kappa shape index (κ2) is 18.0. The van der Waals surface area contributed by atoms with Crippen molar-refractivity contribution in [3.05, 3.63) is 79.4 Å². The number of nitrogens with one attached hydrogen (secondary N) is 1. The van der Waals surface area contributed by atoms with Gasteiger partial charge in [-0.1, -0.05) is 12.1 Å².